The number of rotatable bonds is 4. The molecule has 0 N–H and O–H groups in total. The predicted octanol–water partition coefficient (Wildman–Crippen LogP) is 4.33. The van der Waals surface area contributed by atoms with E-state index in [1.807, 2.05) is 41.7 Å². The van der Waals surface area contributed by atoms with Gasteiger partial charge < -0.3 is 0 Å². The molecule has 0 spiro atoms. The van der Waals surface area contributed by atoms with Gasteiger partial charge in [-0.2, -0.15) is 0 Å². The van der Waals surface area contributed by atoms with Crippen molar-refractivity contribution in [3.8, 4) is 11.8 Å². The van der Waals surface area contributed by atoms with Gasteiger partial charge in [-0.25, -0.2) is 0 Å². The van der Waals surface area contributed by atoms with Gasteiger partial charge in [0.2, 0.25) is 0 Å². The van der Waals surface area contributed by atoms with Crippen molar-refractivity contribution in [3.05, 3.63) is 35.4 Å². The van der Waals surface area contributed by atoms with E-state index < -0.39 is 0 Å². The Kier molecular flexibility index (Phi) is 5.42. The number of thioether (sulfide) groups is 2. The molecule has 1 nitrogen and oxygen atoms in total. The third kappa shape index (κ3) is 3.58. The first kappa shape index (κ1) is 14.6. The Morgan fingerprint density at radius 3 is 2.84 bits per heavy atom. The van der Waals surface area contributed by atoms with Crippen molar-refractivity contribution in [2.24, 2.45) is 0 Å². The minimum atomic E-state index is -0.160. The highest BCUT2D eigenvalue weighted by molar-refractivity contribution is 8.20. The van der Waals surface area contributed by atoms with E-state index in [-0.39, 0.29) is 4.08 Å². The molecule has 0 atom stereocenters. The molecule has 1 heterocycles. The molecule has 0 unspecified atom stereocenters. The van der Waals surface area contributed by atoms with Crippen LogP contribution in [0.5, 0.6) is 0 Å². The first-order chi connectivity index (χ1) is 9.30. The Morgan fingerprint density at radius 2 is 2.16 bits per heavy atom. The lowest BCUT2D eigenvalue weighted by molar-refractivity contribution is 0.112. The van der Waals surface area contributed by atoms with E-state index >= 15 is 0 Å². The van der Waals surface area contributed by atoms with Gasteiger partial charge in [-0.3, -0.25) is 4.79 Å². The number of hydrogen-bond acceptors (Lipinski definition) is 3. The summed E-state index contributed by atoms with van der Waals surface area (Å²) in [7, 11) is 0. The predicted molar refractivity (Wildman–Crippen MR) is 85.7 cm³/mol. The maximum Gasteiger partial charge on any atom is 0.150 e. The molecule has 0 radical (unpaired) electrons. The molecule has 0 saturated carbocycles. The monoisotopic (exact) mass is 290 g/mol. The summed E-state index contributed by atoms with van der Waals surface area (Å²) in [6.07, 6.45) is 4.22. The Balaban J connectivity index is 2.27. The number of hydrogen-bond donors (Lipinski definition) is 0. The Labute approximate surface area is 123 Å². The second kappa shape index (κ2) is 7.07. The fraction of sp³-hybridized carbons (Fsp3) is 0.438. The van der Waals surface area contributed by atoms with Crippen LogP contribution >= 0.6 is 23.5 Å². The summed E-state index contributed by atoms with van der Waals surface area (Å²) >= 11 is 3.79. The van der Waals surface area contributed by atoms with Crippen molar-refractivity contribution < 1.29 is 4.79 Å². The van der Waals surface area contributed by atoms with Gasteiger partial charge in [0, 0.05) is 23.5 Å². The largest absolute Gasteiger partial charge is 0.298 e. The molecule has 2 rings (SSSR count). The Bertz CT molecular complexity index is 493. The molecule has 1 aromatic rings. The average molecular weight is 290 g/mol. The molecule has 0 aromatic heterocycles. The van der Waals surface area contributed by atoms with Crippen LogP contribution < -0.4 is 0 Å². The van der Waals surface area contributed by atoms with Crippen LogP contribution in [0.15, 0.2) is 24.3 Å². The highest BCUT2D eigenvalue weighted by Crippen LogP contribution is 2.51. The van der Waals surface area contributed by atoms with Crippen molar-refractivity contribution in [2.75, 3.05) is 11.5 Å². The van der Waals surface area contributed by atoms with Gasteiger partial charge in [-0.05, 0) is 18.1 Å². The van der Waals surface area contributed by atoms with Gasteiger partial charge in [0.15, 0.2) is 0 Å². The Morgan fingerprint density at radius 1 is 1.37 bits per heavy atom. The van der Waals surface area contributed by atoms with Gasteiger partial charge >= 0.3 is 0 Å². The maximum atomic E-state index is 10.9. The van der Waals surface area contributed by atoms with Crippen LogP contribution in [0.25, 0.3) is 0 Å². The van der Waals surface area contributed by atoms with E-state index in [1.165, 1.54) is 6.42 Å². The van der Waals surface area contributed by atoms with Crippen molar-refractivity contribution in [1.82, 2.24) is 0 Å². The summed E-state index contributed by atoms with van der Waals surface area (Å²) in [5.74, 6) is 9.03. The topological polar surface area (TPSA) is 17.1 Å². The smallest absolute Gasteiger partial charge is 0.150 e. The SMILES string of the molecule is CCCCC#CC1(c2cccc(C=O)c2)SCCS1. The third-order valence-corrected chi connectivity index (χ3v) is 6.28. The summed E-state index contributed by atoms with van der Waals surface area (Å²) in [6, 6.07) is 7.87. The zero-order valence-electron chi connectivity index (χ0n) is 11.1. The molecule has 1 fully saturated rings. The van der Waals surface area contributed by atoms with E-state index in [1.54, 1.807) is 0 Å². The molecular formula is C16H18OS2. The van der Waals surface area contributed by atoms with Gasteiger partial charge in [0.25, 0.3) is 0 Å². The Hall–Kier alpha value is -0.850. The molecule has 19 heavy (non-hydrogen) atoms. The minimum Gasteiger partial charge on any atom is -0.298 e. The van der Waals surface area contributed by atoms with Crippen LogP contribution in [0.1, 0.15) is 42.1 Å². The minimum absolute atomic E-state index is 0.160. The number of aldehydes is 1. The normalized spacial score (nSPS) is 16.7. The molecular weight excluding hydrogens is 272 g/mol. The summed E-state index contributed by atoms with van der Waals surface area (Å²) < 4.78 is -0.160. The molecule has 1 aliphatic rings. The lowest BCUT2D eigenvalue weighted by atomic mass is 10.1. The summed E-state index contributed by atoms with van der Waals surface area (Å²) in [4.78, 5) is 10.9. The number of carbonyl (C=O) groups excluding carboxylic acids is 1. The molecule has 3 heteroatoms. The molecule has 0 bridgehead atoms. The molecule has 1 aromatic carbocycles. The van der Waals surface area contributed by atoms with Gasteiger partial charge in [0.05, 0.1) is 0 Å². The van der Waals surface area contributed by atoms with Crippen LogP contribution in [-0.2, 0) is 4.08 Å². The molecule has 1 aliphatic heterocycles. The summed E-state index contributed by atoms with van der Waals surface area (Å²) in [5, 5.41) is 0. The number of carbonyl (C=O) groups is 1. The third-order valence-electron chi connectivity index (χ3n) is 3.01. The van der Waals surface area contributed by atoms with Crippen LogP contribution in [-0.4, -0.2) is 17.8 Å². The van der Waals surface area contributed by atoms with E-state index in [0.717, 1.165) is 41.8 Å². The zero-order valence-corrected chi connectivity index (χ0v) is 12.8. The van der Waals surface area contributed by atoms with E-state index in [0.29, 0.717) is 0 Å². The lowest BCUT2D eigenvalue weighted by Gasteiger charge is -2.21. The van der Waals surface area contributed by atoms with Crippen LogP contribution in [0.4, 0.5) is 0 Å². The highest BCUT2D eigenvalue weighted by Gasteiger charge is 2.35. The van der Waals surface area contributed by atoms with Crippen LogP contribution in [0.2, 0.25) is 0 Å². The van der Waals surface area contributed by atoms with Crippen LogP contribution in [0, 0.1) is 11.8 Å². The van der Waals surface area contributed by atoms with Crippen molar-refractivity contribution in [2.45, 2.75) is 30.3 Å². The fourth-order valence-electron chi connectivity index (χ4n) is 1.98. The molecule has 0 amide bonds. The first-order valence-corrected chi connectivity index (χ1v) is 8.61. The highest BCUT2D eigenvalue weighted by atomic mass is 32.2. The van der Waals surface area contributed by atoms with Gasteiger partial charge in [-0.15, -0.1) is 29.4 Å². The summed E-state index contributed by atoms with van der Waals surface area (Å²) in [5.41, 5.74) is 1.90. The quantitative estimate of drug-likeness (QED) is 0.467. The van der Waals surface area contributed by atoms with Gasteiger partial charge in [0.1, 0.15) is 10.4 Å². The fourth-order valence-corrected chi connectivity index (χ4v) is 4.94. The van der Waals surface area contributed by atoms with E-state index in [4.69, 9.17) is 0 Å². The standard InChI is InChI=1S/C16H18OS2/c1-2-3-4-5-9-16(18-10-11-19-16)15-8-6-7-14(12-15)13-17/h6-8,12-13H,2-4,10-11H2,1H3. The molecule has 100 valence electrons. The first-order valence-electron chi connectivity index (χ1n) is 6.64. The summed E-state index contributed by atoms with van der Waals surface area (Å²) in [6.45, 7) is 2.18. The van der Waals surface area contributed by atoms with Crippen molar-refractivity contribution >= 4 is 29.8 Å². The average Bonchev–Trinajstić information content (AvgIpc) is 2.94. The van der Waals surface area contributed by atoms with Crippen molar-refractivity contribution in [3.63, 3.8) is 0 Å². The van der Waals surface area contributed by atoms with Gasteiger partial charge in [-0.1, -0.05) is 37.5 Å². The zero-order chi connectivity index (χ0) is 13.6. The van der Waals surface area contributed by atoms with E-state index in [2.05, 4.69) is 24.8 Å². The number of unbranched alkanes of at least 4 members (excludes halogenated alkanes) is 2. The molecule has 0 aliphatic carbocycles. The van der Waals surface area contributed by atoms with Crippen LogP contribution in [0.3, 0.4) is 0 Å². The second-order valence-electron chi connectivity index (χ2n) is 4.46. The van der Waals surface area contributed by atoms with Crippen molar-refractivity contribution in [1.29, 1.82) is 0 Å². The van der Waals surface area contributed by atoms with E-state index in [9.17, 15) is 4.79 Å². The maximum absolute atomic E-state index is 10.9. The lowest BCUT2D eigenvalue weighted by Crippen LogP contribution is -2.12. The number of benzene rings is 1. The molecule has 1 saturated heterocycles. The second-order valence-corrected chi connectivity index (χ2v) is 7.34.